The second kappa shape index (κ2) is 5.31. The molecule has 0 aliphatic heterocycles. The van der Waals surface area contributed by atoms with Gasteiger partial charge in [-0.3, -0.25) is 4.68 Å². The maximum Gasteiger partial charge on any atom is 0.0848 e. The summed E-state index contributed by atoms with van der Waals surface area (Å²) in [5.41, 5.74) is 2.37. The maximum absolute atomic E-state index is 10.2. The molecule has 5 heteroatoms. The van der Waals surface area contributed by atoms with Crippen molar-refractivity contribution < 1.29 is 5.11 Å². The van der Waals surface area contributed by atoms with Crippen LogP contribution in [0.4, 0.5) is 0 Å². The van der Waals surface area contributed by atoms with E-state index in [1.165, 1.54) is 0 Å². The minimum Gasteiger partial charge on any atom is -0.388 e. The van der Waals surface area contributed by atoms with Gasteiger partial charge in [-0.15, -0.1) is 0 Å². The summed E-state index contributed by atoms with van der Waals surface area (Å²) in [7, 11) is 1.82. The molecule has 0 fully saturated rings. The predicted octanol–water partition coefficient (Wildman–Crippen LogP) is 3.31. The first kappa shape index (κ1) is 13.4. The standard InChI is InChI=1S/C13H14Cl2N2O/c1-8-13(15)11(17(2)16-8)7-12(18)9-4-3-5-10(14)6-9/h3-6,12,18H,7H2,1-2H3. The number of aromatic nitrogens is 2. The number of aryl methyl sites for hydroxylation is 2. The summed E-state index contributed by atoms with van der Waals surface area (Å²) in [5.74, 6) is 0. The van der Waals surface area contributed by atoms with Crippen molar-refractivity contribution in [1.29, 1.82) is 0 Å². The summed E-state index contributed by atoms with van der Waals surface area (Å²) in [4.78, 5) is 0. The number of benzene rings is 1. The van der Waals surface area contributed by atoms with Crippen LogP contribution in [-0.2, 0) is 13.5 Å². The van der Waals surface area contributed by atoms with E-state index < -0.39 is 6.10 Å². The molecule has 1 aromatic carbocycles. The Morgan fingerprint density at radius 1 is 1.39 bits per heavy atom. The molecule has 1 aromatic heterocycles. The van der Waals surface area contributed by atoms with Gasteiger partial charge in [0.2, 0.25) is 0 Å². The molecule has 0 aliphatic carbocycles. The maximum atomic E-state index is 10.2. The Morgan fingerprint density at radius 2 is 2.11 bits per heavy atom. The van der Waals surface area contributed by atoms with Crippen molar-refractivity contribution in [1.82, 2.24) is 9.78 Å². The van der Waals surface area contributed by atoms with E-state index in [0.29, 0.717) is 16.5 Å². The monoisotopic (exact) mass is 284 g/mol. The normalized spacial score (nSPS) is 12.7. The minimum absolute atomic E-state index is 0.413. The Bertz CT molecular complexity index is 566. The molecule has 0 radical (unpaired) electrons. The molecule has 0 saturated carbocycles. The first-order chi connectivity index (χ1) is 8.49. The number of hydrogen-bond acceptors (Lipinski definition) is 2. The van der Waals surface area contributed by atoms with Crippen LogP contribution in [0.5, 0.6) is 0 Å². The number of hydrogen-bond donors (Lipinski definition) is 1. The molecule has 2 aromatic rings. The van der Waals surface area contributed by atoms with Gasteiger partial charge in [0.25, 0.3) is 0 Å². The molecule has 0 saturated heterocycles. The molecule has 96 valence electrons. The van der Waals surface area contributed by atoms with Crippen LogP contribution >= 0.6 is 23.2 Å². The number of halogens is 2. The van der Waals surface area contributed by atoms with Crippen molar-refractivity contribution in [2.45, 2.75) is 19.4 Å². The van der Waals surface area contributed by atoms with Crippen LogP contribution in [0.2, 0.25) is 10.0 Å². The molecule has 3 nitrogen and oxygen atoms in total. The fourth-order valence-electron chi connectivity index (χ4n) is 1.92. The van der Waals surface area contributed by atoms with Crippen LogP contribution in [0.15, 0.2) is 24.3 Å². The fraction of sp³-hybridized carbons (Fsp3) is 0.308. The minimum atomic E-state index is -0.643. The van der Waals surface area contributed by atoms with Crippen LogP contribution < -0.4 is 0 Å². The van der Waals surface area contributed by atoms with E-state index in [0.717, 1.165) is 17.0 Å². The molecular formula is C13H14Cl2N2O. The van der Waals surface area contributed by atoms with E-state index in [2.05, 4.69) is 5.10 Å². The van der Waals surface area contributed by atoms with Gasteiger partial charge in [-0.25, -0.2) is 0 Å². The predicted molar refractivity (Wildman–Crippen MR) is 73.1 cm³/mol. The van der Waals surface area contributed by atoms with Crippen molar-refractivity contribution in [2.24, 2.45) is 7.05 Å². The van der Waals surface area contributed by atoms with Crippen molar-refractivity contribution in [2.75, 3.05) is 0 Å². The number of nitrogens with zero attached hydrogens (tertiary/aromatic N) is 2. The highest BCUT2D eigenvalue weighted by molar-refractivity contribution is 6.31. The van der Waals surface area contributed by atoms with E-state index in [4.69, 9.17) is 23.2 Å². The van der Waals surface area contributed by atoms with Crippen LogP contribution in [-0.4, -0.2) is 14.9 Å². The lowest BCUT2D eigenvalue weighted by atomic mass is 10.0. The smallest absolute Gasteiger partial charge is 0.0848 e. The second-order valence-corrected chi connectivity index (χ2v) is 5.06. The summed E-state index contributed by atoms with van der Waals surface area (Å²) in [6, 6.07) is 7.19. The van der Waals surface area contributed by atoms with Crippen LogP contribution in [0.3, 0.4) is 0 Å². The highest BCUT2D eigenvalue weighted by Crippen LogP contribution is 2.26. The average molecular weight is 285 g/mol. The Balaban J connectivity index is 2.24. The Hall–Kier alpha value is -1.03. The molecule has 1 heterocycles. The van der Waals surface area contributed by atoms with Crippen LogP contribution in [0.25, 0.3) is 0 Å². The first-order valence-electron chi connectivity index (χ1n) is 5.60. The van der Waals surface area contributed by atoms with Crippen LogP contribution in [0, 0.1) is 6.92 Å². The Labute approximate surface area is 116 Å². The third-order valence-corrected chi connectivity index (χ3v) is 3.61. The third kappa shape index (κ3) is 2.69. The first-order valence-corrected chi connectivity index (χ1v) is 6.36. The lowest BCUT2D eigenvalue weighted by Crippen LogP contribution is -2.06. The zero-order valence-electron chi connectivity index (χ0n) is 10.2. The number of aliphatic hydroxyl groups excluding tert-OH is 1. The fourth-order valence-corrected chi connectivity index (χ4v) is 2.35. The zero-order chi connectivity index (χ0) is 13.3. The SMILES string of the molecule is Cc1nn(C)c(CC(O)c2cccc(Cl)c2)c1Cl. The van der Waals surface area contributed by atoms with E-state index in [-0.39, 0.29) is 0 Å². The van der Waals surface area contributed by atoms with Gasteiger partial charge in [0.15, 0.2) is 0 Å². The molecule has 1 atom stereocenters. The van der Waals surface area contributed by atoms with Crippen molar-refractivity contribution in [3.8, 4) is 0 Å². The summed E-state index contributed by atoms with van der Waals surface area (Å²) >= 11 is 12.1. The van der Waals surface area contributed by atoms with Gasteiger partial charge >= 0.3 is 0 Å². The van der Waals surface area contributed by atoms with Gasteiger partial charge in [-0.05, 0) is 24.6 Å². The molecule has 0 bridgehead atoms. The van der Waals surface area contributed by atoms with E-state index in [1.807, 2.05) is 26.1 Å². The van der Waals surface area contributed by atoms with Gasteiger partial charge in [0.05, 0.1) is 22.5 Å². The number of aliphatic hydroxyl groups is 1. The molecule has 0 amide bonds. The summed E-state index contributed by atoms with van der Waals surface area (Å²) in [6.07, 6.45) is -0.229. The molecular weight excluding hydrogens is 271 g/mol. The lowest BCUT2D eigenvalue weighted by molar-refractivity contribution is 0.176. The van der Waals surface area contributed by atoms with Gasteiger partial charge in [-0.1, -0.05) is 35.3 Å². The molecule has 1 N–H and O–H groups in total. The summed E-state index contributed by atoms with van der Waals surface area (Å²) in [6.45, 7) is 1.84. The van der Waals surface area contributed by atoms with E-state index >= 15 is 0 Å². The largest absolute Gasteiger partial charge is 0.388 e. The van der Waals surface area contributed by atoms with E-state index in [1.54, 1.807) is 16.8 Å². The van der Waals surface area contributed by atoms with E-state index in [9.17, 15) is 5.11 Å². The lowest BCUT2D eigenvalue weighted by Gasteiger charge is -2.12. The summed E-state index contributed by atoms with van der Waals surface area (Å²) < 4.78 is 1.70. The Morgan fingerprint density at radius 3 is 2.67 bits per heavy atom. The van der Waals surface area contributed by atoms with Gasteiger partial charge in [0, 0.05) is 18.5 Å². The van der Waals surface area contributed by atoms with Crippen molar-refractivity contribution in [3.05, 3.63) is 51.3 Å². The van der Waals surface area contributed by atoms with Gasteiger partial charge in [-0.2, -0.15) is 5.10 Å². The highest BCUT2D eigenvalue weighted by atomic mass is 35.5. The Kier molecular flexibility index (Phi) is 3.95. The summed E-state index contributed by atoms with van der Waals surface area (Å²) in [5, 5.41) is 15.6. The zero-order valence-corrected chi connectivity index (χ0v) is 11.7. The van der Waals surface area contributed by atoms with Crippen LogP contribution in [0.1, 0.15) is 23.1 Å². The molecule has 2 rings (SSSR count). The van der Waals surface area contributed by atoms with Gasteiger partial charge in [0.1, 0.15) is 0 Å². The molecule has 1 unspecified atom stereocenters. The second-order valence-electron chi connectivity index (χ2n) is 4.24. The van der Waals surface area contributed by atoms with Crippen molar-refractivity contribution in [3.63, 3.8) is 0 Å². The van der Waals surface area contributed by atoms with Crippen molar-refractivity contribution >= 4 is 23.2 Å². The molecule has 18 heavy (non-hydrogen) atoms. The quantitative estimate of drug-likeness (QED) is 0.939. The average Bonchev–Trinajstić information content (AvgIpc) is 2.56. The molecule has 0 aliphatic rings. The molecule has 0 spiro atoms. The highest BCUT2D eigenvalue weighted by Gasteiger charge is 2.16. The number of rotatable bonds is 3. The van der Waals surface area contributed by atoms with Gasteiger partial charge < -0.3 is 5.11 Å². The topological polar surface area (TPSA) is 38.0 Å². The third-order valence-electron chi connectivity index (χ3n) is 2.88.